The molecule has 0 aliphatic carbocycles. The number of carbonyl (C=O) groups excluding carboxylic acids is 1. The molecule has 0 saturated carbocycles. The van der Waals surface area contributed by atoms with Crippen molar-refractivity contribution in [1.82, 2.24) is 4.57 Å². The minimum Gasteiger partial charge on any atom is -0.494 e. The Balaban J connectivity index is 2.29. The molecule has 0 saturated heterocycles. The zero-order valence-corrected chi connectivity index (χ0v) is 15.7. The molecule has 1 N–H and O–H groups in total. The van der Waals surface area contributed by atoms with Crippen molar-refractivity contribution >= 4 is 16.8 Å². The maximum atomic E-state index is 13.2. The minimum absolute atomic E-state index is 0.0405. The van der Waals surface area contributed by atoms with Gasteiger partial charge in [-0.05, 0) is 31.4 Å². The fourth-order valence-corrected chi connectivity index (χ4v) is 3.26. The molecule has 27 heavy (non-hydrogen) atoms. The van der Waals surface area contributed by atoms with Crippen LogP contribution in [0.1, 0.15) is 46.7 Å². The van der Waals surface area contributed by atoms with Gasteiger partial charge >= 0.3 is 0 Å². The number of para-hydroxylation sites is 1. The Morgan fingerprint density at radius 1 is 1.26 bits per heavy atom. The van der Waals surface area contributed by atoms with Crippen molar-refractivity contribution in [3.8, 4) is 11.9 Å². The lowest BCUT2D eigenvalue weighted by molar-refractivity contribution is 0.100. The second kappa shape index (κ2) is 6.76. The van der Waals surface area contributed by atoms with Crippen molar-refractivity contribution in [1.29, 1.82) is 5.26 Å². The molecule has 0 unspecified atom stereocenters. The highest BCUT2D eigenvalue weighted by molar-refractivity contribution is 6.12. The van der Waals surface area contributed by atoms with Gasteiger partial charge in [0.1, 0.15) is 17.2 Å². The van der Waals surface area contributed by atoms with E-state index in [0.717, 1.165) is 9.95 Å². The Bertz CT molecular complexity index is 1160. The van der Waals surface area contributed by atoms with E-state index in [4.69, 9.17) is 4.42 Å². The number of furan rings is 1. The van der Waals surface area contributed by atoms with Gasteiger partial charge in [0, 0.05) is 17.5 Å². The number of carbonyl (C=O) groups is 1. The van der Waals surface area contributed by atoms with Gasteiger partial charge in [-0.2, -0.15) is 5.26 Å². The van der Waals surface area contributed by atoms with E-state index in [-0.39, 0.29) is 34.9 Å². The smallest absolute Gasteiger partial charge is 0.271 e. The van der Waals surface area contributed by atoms with E-state index in [0.29, 0.717) is 11.1 Å². The van der Waals surface area contributed by atoms with Gasteiger partial charge in [0.05, 0.1) is 5.56 Å². The zero-order chi connectivity index (χ0) is 19.9. The molecule has 3 aromatic rings. The highest BCUT2D eigenvalue weighted by atomic mass is 16.3. The van der Waals surface area contributed by atoms with Crippen molar-refractivity contribution in [3.63, 3.8) is 0 Å². The number of nitriles is 1. The van der Waals surface area contributed by atoms with Crippen LogP contribution in [-0.2, 0) is 6.54 Å². The Labute approximate surface area is 156 Å². The maximum Gasteiger partial charge on any atom is 0.271 e. The molecule has 0 spiro atoms. The maximum absolute atomic E-state index is 13.2. The summed E-state index contributed by atoms with van der Waals surface area (Å²) in [6.07, 6.45) is 0. The van der Waals surface area contributed by atoms with Crippen molar-refractivity contribution in [3.05, 3.63) is 62.6 Å². The number of aromatic hydroxyl groups is 1. The van der Waals surface area contributed by atoms with Crippen LogP contribution in [-0.4, -0.2) is 15.5 Å². The van der Waals surface area contributed by atoms with Crippen molar-refractivity contribution in [2.24, 2.45) is 5.92 Å². The highest BCUT2D eigenvalue weighted by Crippen LogP contribution is 2.31. The van der Waals surface area contributed by atoms with Crippen LogP contribution in [0.2, 0.25) is 0 Å². The predicted octanol–water partition coefficient (Wildman–Crippen LogP) is 3.68. The molecular formula is C21H20N2O4. The highest BCUT2D eigenvalue weighted by Gasteiger charge is 2.28. The van der Waals surface area contributed by atoms with Crippen LogP contribution in [0, 0.1) is 31.1 Å². The van der Waals surface area contributed by atoms with E-state index >= 15 is 0 Å². The summed E-state index contributed by atoms with van der Waals surface area (Å²) < 4.78 is 6.80. The SMILES string of the molecule is Cc1c(C(=O)c2oc3ccccc3c2C)c(O)n(CC(C)C)c(=O)c1C#N. The number of fused-ring (bicyclic) bond motifs is 1. The summed E-state index contributed by atoms with van der Waals surface area (Å²) in [5.74, 6) is -0.852. The average Bonchev–Trinajstić information content (AvgIpc) is 2.96. The number of rotatable bonds is 4. The summed E-state index contributed by atoms with van der Waals surface area (Å²) in [5, 5.41) is 20.9. The van der Waals surface area contributed by atoms with E-state index in [1.54, 1.807) is 19.1 Å². The summed E-state index contributed by atoms with van der Waals surface area (Å²) in [5.41, 5.74) is 0.546. The Hall–Kier alpha value is -3.33. The van der Waals surface area contributed by atoms with Crippen LogP contribution in [0.5, 0.6) is 5.88 Å². The average molecular weight is 364 g/mol. The molecule has 138 valence electrons. The predicted molar refractivity (Wildman–Crippen MR) is 101 cm³/mol. The van der Waals surface area contributed by atoms with Crippen LogP contribution in [0.15, 0.2) is 33.5 Å². The van der Waals surface area contributed by atoms with Gasteiger partial charge in [-0.25, -0.2) is 0 Å². The van der Waals surface area contributed by atoms with Crippen molar-refractivity contribution < 1.29 is 14.3 Å². The molecule has 0 fully saturated rings. The summed E-state index contributed by atoms with van der Waals surface area (Å²) in [4.78, 5) is 25.8. The van der Waals surface area contributed by atoms with Gasteiger partial charge in [0.15, 0.2) is 5.76 Å². The van der Waals surface area contributed by atoms with E-state index in [1.807, 2.05) is 32.0 Å². The summed E-state index contributed by atoms with van der Waals surface area (Å²) in [6.45, 7) is 7.20. The first-order valence-corrected chi connectivity index (χ1v) is 8.67. The topological polar surface area (TPSA) is 96.2 Å². The molecule has 0 aliphatic heterocycles. The third kappa shape index (κ3) is 2.91. The lowest BCUT2D eigenvalue weighted by atomic mass is 9.98. The molecule has 0 atom stereocenters. The molecule has 0 aliphatic rings. The Morgan fingerprint density at radius 2 is 1.93 bits per heavy atom. The summed E-state index contributed by atoms with van der Waals surface area (Å²) in [6, 6.07) is 9.12. The zero-order valence-electron chi connectivity index (χ0n) is 15.7. The quantitative estimate of drug-likeness (QED) is 0.713. The van der Waals surface area contributed by atoms with Crippen molar-refractivity contribution in [2.45, 2.75) is 34.2 Å². The molecule has 1 aromatic carbocycles. The number of aryl methyl sites for hydroxylation is 1. The van der Waals surface area contributed by atoms with E-state index < -0.39 is 17.2 Å². The number of hydrogen-bond acceptors (Lipinski definition) is 5. The van der Waals surface area contributed by atoms with E-state index in [1.165, 1.54) is 6.92 Å². The molecular weight excluding hydrogens is 344 g/mol. The third-order valence-electron chi connectivity index (χ3n) is 4.62. The summed E-state index contributed by atoms with van der Waals surface area (Å²) >= 11 is 0. The largest absolute Gasteiger partial charge is 0.494 e. The molecule has 6 nitrogen and oxygen atoms in total. The molecule has 0 bridgehead atoms. The molecule has 0 radical (unpaired) electrons. The number of hydrogen-bond donors (Lipinski definition) is 1. The second-order valence-corrected chi connectivity index (χ2v) is 7.00. The molecule has 2 heterocycles. The van der Waals surface area contributed by atoms with Crippen LogP contribution in [0.4, 0.5) is 0 Å². The number of nitrogens with zero attached hydrogens (tertiary/aromatic N) is 2. The van der Waals surface area contributed by atoms with Gasteiger partial charge < -0.3 is 9.52 Å². The standard InChI is InChI=1S/C21H20N2O4/c1-11(2)10-23-20(25)15(9-22)12(3)17(21(23)26)18(24)19-13(4)14-7-5-6-8-16(14)27-19/h5-8,11,26H,10H2,1-4H3. The van der Waals surface area contributed by atoms with Gasteiger partial charge in [0.2, 0.25) is 11.7 Å². The van der Waals surface area contributed by atoms with Crippen LogP contribution < -0.4 is 5.56 Å². The first-order chi connectivity index (χ1) is 12.8. The second-order valence-electron chi connectivity index (χ2n) is 7.00. The van der Waals surface area contributed by atoms with Crippen LogP contribution in [0.3, 0.4) is 0 Å². The monoisotopic (exact) mass is 364 g/mol. The van der Waals surface area contributed by atoms with E-state index in [9.17, 15) is 20.0 Å². The first-order valence-electron chi connectivity index (χ1n) is 8.67. The van der Waals surface area contributed by atoms with Gasteiger partial charge in [-0.15, -0.1) is 0 Å². The normalized spacial score (nSPS) is 11.1. The fraction of sp³-hybridized carbons (Fsp3) is 0.286. The van der Waals surface area contributed by atoms with Crippen LogP contribution >= 0.6 is 0 Å². The first kappa shape index (κ1) is 18.5. The van der Waals surface area contributed by atoms with E-state index in [2.05, 4.69) is 0 Å². The van der Waals surface area contributed by atoms with Crippen LogP contribution in [0.25, 0.3) is 11.0 Å². The Kier molecular flexibility index (Phi) is 4.63. The van der Waals surface area contributed by atoms with Gasteiger partial charge in [-0.3, -0.25) is 14.2 Å². The molecule has 2 aromatic heterocycles. The fourth-order valence-electron chi connectivity index (χ4n) is 3.26. The van der Waals surface area contributed by atoms with Crippen molar-refractivity contribution in [2.75, 3.05) is 0 Å². The number of ketones is 1. The molecule has 0 amide bonds. The Morgan fingerprint density at radius 3 is 2.52 bits per heavy atom. The third-order valence-corrected chi connectivity index (χ3v) is 4.62. The lowest BCUT2D eigenvalue weighted by Gasteiger charge is -2.16. The van der Waals surface area contributed by atoms with Gasteiger partial charge in [-0.1, -0.05) is 32.0 Å². The molecule has 6 heteroatoms. The molecule has 3 rings (SSSR count). The lowest BCUT2D eigenvalue weighted by Crippen LogP contribution is -2.28. The number of aromatic nitrogens is 1. The van der Waals surface area contributed by atoms with Gasteiger partial charge in [0.25, 0.3) is 5.56 Å². The number of pyridine rings is 1. The minimum atomic E-state index is -0.598. The summed E-state index contributed by atoms with van der Waals surface area (Å²) in [7, 11) is 0. The number of benzene rings is 1.